The molecule has 0 aliphatic carbocycles. The lowest BCUT2D eigenvalue weighted by atomic mass is 10.1. The third-order valence-electron chi connectivity index (χ3n) is 3.22. The summed E-state index contributed by atoms with van der Waals surface area (Å²) < 4.78 is 18.4. The molecule has 0 amide bonds. The van der Waals surface area contributed by atoms with Crippen molar-refractivity contribution in [2.75, 3.05) is 12.4 Å². The van der Waals surface area contributed by atoms with Crippen LogP contribution in [0.25, 0.3) is 0 Å². The van der Waals surface area contributed by atoms with Crippen LogP contribution in [0.4, 0.5) is 10.1 Å². The molecule has 0 saturated heterocycles. The molecule has 0 fully saturated rings. The first kappa shape index (κ1) is 14.7. The third kappa shape index (κ3) is 3.23. The van der Waals surface area contributed by atoms with Gasteiger partial charge >= 0.3 is 0 Å². The van der Waals surface area contributed by atoms with E-state index in [9.17, 15) is 4.39 Å². The molecule has 1 atom stereocenters. The Kier molecular flexibility index (Phi) is 4.50. The molecule has 0 saturated carbocycles. The van der Waals surface area contributed by atoms with Gasteiger partial charge in [-0.05, 0) is 55.3 Å². The van der Waals surface area contributed by atoms with Gasteiger partial charge in [-0.1, -0.05) is 17.7 Å². The van der Waals surface area contributed by atoms with Crippen molar-refractivity contribution < 1.29 is 9.13 Å². The maximum absolute atomic E-state index is 13.2. The van der Waals surface area contributed by atoms with E-state index >= 15 is 0 Å². The zero-order valence-corrected chi connectivity index (χ0v) is 12.5. The Hall–Kier alpha value is -1.74. The monoisotopic (exact) mass is 293 g/mol. The number of halogens is 2. The number of ether oxygens (including phenoxy) is 1. The summed E-state index contributed by atoms with van der Waals surface area (Å²) in [6.45, 7) is 3.99. The summed E-state index contributed by atoms with van der Waals surface area (Å²) in [5.41, 5.74) is 2.97. The lowest BCUT2D eigenvalue weighted by molar-refractivity contribution is 0.412. The number of benzene rings is 2. The highest BCUT2D eigenvalue weighted by Crippen LogP contribution is 2.26. The van der Waals surface area contributed by atoms with Crippen molar-refractivity contribution in [2.45, 2.75) is 19.9 Å². The smallest absolute Gasteiger partial charge is 0.141 e. The van der Waals surface area contributed by atoms with Gasteiger partial charge < -0.3 is 10.1 Å². The summed E-state index contributed by atoms with van der Waals surface area (Å²) in [5.74, 6) is 0.455. The molecule has 2 nitrogen and oxygen atoms in total. The van der Waals surface area contributed by atoms with Crippen LogP contribution >= 0.6 is 11.6 Å². The molecule has 20 heavy (non-hydrogen) atoms. The van der Waals surface area contributed by atoms with Crippen molar-refractivity contribution >= 4 is 17.3 Å². The van der Waals surface area contributed by atoms with Crippen molar-refractivity contribution in [3.05, 3.63) is 58.4 Å². The van der Waals surface area contributed by atoms with Gasteiger partial charge in [-0.3, -0.25) is 0 Å². The number of aryl methyl sites for hydroxylation is 1. The molecule has 0 aromatic heterocycles. The number of methoxy groups -OCH3 is 1. The topological polar surface area (TPSA) is 21.3 Å². The van der Waals surface area contributed by atoms with E-state index in [-0.39, 0.29) is 11.1 Å². The molecule has 0 bridgehead atoms. The van der Waals surface area contributed by atoms with Crippen molar-refractivity contribution in [2.24, 2.45) is 0 Å². The fraction of sp³-hybridized carbons (Fsp3) is 0.250. The highest BCUT2D eigenvalue weighted by molar-refractivity contribution is 6.30. The lowest BCUT2D eigenvalue weighted by Gasteiger charge is -2.17. The predicted octanol–water partition coefficient (Wildman–Crippen LogP) is 4.97. The Morgan fingerprint density at radius 1 is 1.20 bits per heavy atom. The third-order valence-corrected chi connectivity index (χ3v) is 3.51. The lowest BCUT2D eigenvalue weighted by Crippen LogP contribution is -2.07. The molecule has 2 aromatic carbocycles. The summed E-state index contributed by atoms with van der Waals surface area (Å²) in [6, 6.07) is 10.7. The van der Waals surface area contributed by atoms with Gasteiger partial charge in [0, 0.05) is 11.7 Å². The van der Waals surface area contributed by atoms with Gasteiger partial charge in [-0.15, -0.1) is 0 Å². The summed E-state index contributed by atoms with van der Waals surface area (Å²) in [5, 5.41) is 3.50. The molecule has 0 aliphatic heterocycles. The molecule has 0 aliphatic rings. The van der Waals surface area contributed by atoms with Crippen LogP contribution in [0.5, 0.6) is 5.75 Å². The van der Waals surface area contributed by atoms with Crippen LogP contribution in [-0.4, -0.2) is 7.11 Å². The van der Waals surface area contributed by atoms with Crippen LogP contribution in [0.1, 0.15) is 24.1 Å². The Balaban J connectivity index is 2.16. The van der Waals surface area contributed by atoms with E-state index in [1.165, 1.54) is 6.07 Å². The first-order valence-electron chi connectivity index (χ1n) is 6.37. The van der Waals surface area contributed by atoms with E-state index in [4.69, 9.17) is 16.3 Å². The second-order valence-corrected chi connectivity index (χ2v) is 5.13. The van der Waals surface area contributed by atoms with Gasteiger partial charge in [-0.2, -0.15) is 0 Å². The number of hydrogen-bond acceptors (Lipinski definition) is 2. The Bertz CT molecular complexity index is 615. The minimum Gasteiger partial charge on any atom is -0.496 e. The maximum atomic E-state index is 13.2. The van der Waals surface area contributed by atoms with Crippen LogP contribution in [-0.2, 0) is 0 Å². The Morgan fingerprint density at radius 3 is 2.55 bits per heavy atom. The van der Waals surface area contributed by atoms with Crippen molar-refractivity contribution in [1.82, 2.24) is 0 Å². The fourth-order valence-electron chi connectivity index (χ4n) is 2.08. The summed E-state index contributed by atoms with van der Waals surface area (Å²) in [4.78, 5) is 0. The largest absolute Gasteiger partial charge is 0.496 e. The molecule has 0 radical (unpaired) electrons. The highest BCUT2D eigenvalue weighted by Gasteiger charge is 2.09. The Labute approximate surface area is 123 Å². The van der Waals surface area contributed by atoms with Crippen molar-refractivity contribution in [1.29, 1.82) is 0 Å². The summed E-state index contributed by atoms with van der Waals surface area (Å²) in [7, 11) is 1.65. The second-order valence-electron chi connectivity index (χ2n) is 4.72. The average molecular weight is 294 g/mol. The van der Waals surface area contributed by atoms with Gasteiger partial charge in [-0.25, -0.2) is 4.39 Å². The van der Waals surface area contributed by atoms with Gasteiger partial charge in [0.1, 0.15) is 11.6 Å². The first-order chi connectivity index (χ1) is 9.51. The number of anilines is 1. The molecule has 1 N–H and O–H groups in total. The van der Waals surface area contributed by atoms with Crippen molar-refractivity contribution in [3.8, 4) is 5.75 Å². The summed E-state index contributed by atoms with van der Waals surface area (Å²) >= 11 is 5.81. The molecule has 2 aromatic rings. The Morgan fingerprint density at radius 2 is 1.95 bits per heavy atom. The second kappa shape index (κ2) is 6.14. The van der Waals surface area contributed by atoms with E-state index in [2.05, 4.69) is 5.32 Å². The molecule has 4 heteroatoms. The fourth-order valence-corrected chi connectivity index (χ4v) is 2.27. The molecular formula is C16H17ClFNO. The quantitative estimate of drug-likeness (QED) is 0.859. The van der Waals surface area contributed by atoms with Gasteiger partial charge in [0.15, 0.2) is 0 Å². The molecular weight excluding hydrogens is 277 g/mol. The zero-order chi connectivity index (χ0) is 14.7. The number of hydrogen-bond donors (Lipinski definition) is 1. The van der Waals surface area contributed by atoms with E-state index in [1.54, 1.807) is 19.2 Å². The average Bonchev–Trinajstić information content (AvgIpc) is 2.42. The van der Waals surface area contributed by atoms with Crippen molar-refractivity contribution in [3.63, 3.8) is 0 Å². The number of rotatable bonds is 4. The summed E-state index contributed by atoms with van der Waals surface area (Å²) in [6.07, 6.45) is 0. The normalized spacial score (nSPS) is 12.1. The maximum Gasteiger partial charge on any atom is 0.141 e. The van der Waals surface area contributed by atoms with Crippen LogP contribution in [0.15, 0.2) is 36.4 Å². The van der Waals surface area contributed by atoms with Crippen LogP contribution in [0.2, 0.25) is 5.02 Å². The van der Waals surface area contributed by atoms with Gasteiger partial charge in [0.2, 0.25) is 0 Å². The molecule has 0 spiro atoms. The van der Waals surface area contributed by atoms with E-state index < -0.39 is 5.82 Å². The van der Waals surface area contributed by atoms with Crippen LogP contribution in [0.3, 0.4) is 0 Å². The SMILES string of the molecule is COc1ccc(NC(C)c2ccc(F)c(Cl)c2)cc1C. The van der Waals surface area contributed by atoms with Gasteiger partial charge in [0.25, 0.3) is 0 Å². The van der Waals surface area contributed by atoms with Gasteiger partial charge in [0.05, 0.1) is 12.1 Å². The first-order valence-corrected chi connectivity index (χ1v) is 6.75. The van der Waals surface area contributed by atoms with E-state index in [1.807, 2.05) is 32.0 Å². The standard InChI is InChI=1S/C16H17ClFNO/c1-10-8-13(5-7-16(10)20-3)19-11(2)12-4-6-15(18)14(17)9-12/h4-9,11,19H,1-3H3. The van der Waals surface area contributed by atoms with E-state index in [0.29, 0.717) is 0 Å². The zero-order valence-electron chi connectivity index (χ0n) is 11.7. The van der Waals surface area contributed by atoms with E-state index in [0.717, 1.165) is 22.6 Å². The molecule has 2 rings (SSSR count). The molecule has 106 valence electrons. The van der Waals surface area contributed by atoms with Crippen LogP contribution in [0, 0.1) is 12.7 Å². The highest BCUT2D eigenvalue weighted by atomic mass is 35.5. The molecule has 0 heterocycles. The minimum absolute atomic E-state index is 0.0286. The van der Waals surface area contributed by atoms with Crippen LogP contribution < -0.4 is 10.1 Å². The predicted molar refractivity (Wildman–Crippen MR) is 81.2 cm³/mol. The minimum atomic E-state index is -0.400. The number of nitrogens with one attached hydrogen (secondary N) is 1. The molecule has 1 unspecified atom stereocenters.